The molecule has 2 unspecified atom stereocenters. The van der Waals surface area contributed by atoms with E-state index in [9.17, 15) is 0 Å². The van der Waals surface area contributed by atoms with E-state index >= 15 is 0 Å². The van der Waals surface area contributed by atoms with Crippen molar-refractivity contribution in [1.29, 1.82) is 0 Å². The monoisotopic (exact) mass is 200 g/mol. The van der Waals surface area contributed by atoms with E-state index in [1.807, 2.05) is 18.2 Å². The molecule has 0 bridgehead atoms. The van der Waals surface area contributed by atoms with Crippen LogP contribution in [0.4, 0.5) is 0 Å². The van der Waals surface area contributed by atoms with Gasteiger partial charge in [-0.2, -0.15) is 0 Å². The molecule has 0 spiro atoms. The summed E-state index contributed by atoms with van der Waals surface area (Å²) in [6.45, 7) is 0. The summed E-state index contributed by atoms with van der Waals surface area (Å²) in [5.41, 5.74) is 1.27. The van der Waals surface area contributed by atoms with Crippen molar-refractivity contribution in [3.8, 4) is 5.75 Å². The minimum atomic E-state index is 0. The molecule has 2 atom stereocenters. The third kappa shape index (κ3) is 1.15. The summed E-state index contributed by atoms with van der Waals surface area (Å²) in [6.07, 6.45) is 1.41. The van der Waals surface area contributed by atoms with Crippen molar-refractivity contribution in [2.24, 2.45) is 0 Å². The maximum Gasteiger partial charge on any atom is 0.227 e. The topological polar surface area (TPSA) is 21.8 Å². The molecule has 1 aromatic carbocycles. The van der Waals surface area contributed by atoms with E-state index in [-0.39, 0.29) is 23.7 Å². The van der Waals surface area contributed by atoms with Gasteiger partial charge in [0.25, 0.3) is 0 Å². The minimum Gasteiger partial charge on any atom is -0.462 e. The average Bonchev–Trinajstić information content (AvgIpc) is 2.77. The second-order valence-corrected chi connectivity index (χ2v) is 2.97. The van der Waals surface area contributed by atoms with E-state index in [1.54, 1.807) is 0 Å². The van der Waals surface area contributed by atoms with Crippen molar-refractivity contribution in [1.82, 2.24) is 0 Å². The molecule has 2 nitrogen and oxygen atoms in total. The van der Waals surface area contributed by atoms with Crippen molar-refractivity contribution in [2.45, 2.75) is 18.8 Å². The number of hydrogen-bond donors (Lipinski definition) is 0. The molecule has 0 amide bonds. The largest absolute Gasteiger partial charge is 0.462 e. The van der Waals surface area contributed by atoms with Crippen LogP contribution in [-0.2, 0) is 28.5 Å². The van der Waals surface area contributed by atoms with Crippen LogP contribution in [0.15, 0.2) is 24.3 Å². The van der Waals surface area contributed by atoms with Gasteiger partial charge in [-0.05, 0) is 11.6 Å². The van der Waals surface area contributed by atoms with Crippen LogP contribution in [-0.4, -0.2) is 12.4 Å². The third-order valence-electron chi connectivity index (χ3n) is 2.17. The van der Waals surface area contributed by atoms with Crippen LogP contribution in [0.25, 0.3) is 0 Å². The molecule has 0 saturated carbocycles. The fourth-order valence-corrected chi connectivity index (χ4v) is 1.50. The number of ether oxygens (including phenoxy) is 2. The van der Waals surface area contributed by atoms with E-state index < -0.39 is 0 Å². The predicted octanol–water partition coefficient (Wildman–Crippen LogP) is 1.34. The molecule has 1 fully saturated rings. The molecular weight excluding hydrogens is 192 g/mol. The summed E-state index contributed by atoms with van der Waals surface area (Å²) in [5.74, 6) is 0.992. The summed E-state index contributed by atoms with van der Waals surface area (Å²) in [6, 6.07) is 8.10. The maximum atomic E-state index is 5.48. The second-order valence-electron chi connectivity index (χ2n) is 2.97. The molecule has 0 radical (unpaired) electrons. The quantitative estimate of drug-likeness (QED) is 0.589. The summed E-state index contributed by atoms with van der Waals surface area (Å²) in [7, 11) is 0. The molecule has 3 heteroatoms. The van der Waals surface area contributed by atoms with Gasteiger partial charge in [0, 0.05) is 23.8 Å². The molecule has 1 saturated heterocycles. The Morgan fingerprint density at radius 3 is 3.00 bits per heavy atom. The Bertz CT molecular complexity index is 271. The van der Waals surface area contributed by atoms with E-state index in [1.165, 1.54) is 5.56 Å². The fraction of sp³-hybridized carbons (Fsp3) is 0.333. The zero-order valence-corrected chi connectivity index (χ0v) is 7.67. The summed E-state index contributed by atoms with van der Waals surface area (Å²) < 4.78 is 10.7. The van der Waals surface area contributed by atoms with Gasteiger partial charge in [0.1, 0.15) is 11.9 Å². The van der Waals surface area contributed by atoms with Gasteiger partial charge >= 0.3 is 0 Å². The molecule has 2 heterocycles. The van der Waals surface area contributed by atoms with Crippen LogP contribution in [0.3, 0.4) is 0 Å². The summed E-state index contributed by atoms with van der Waals surface area (Å²) >= 11 is 0. The SMILES string of the molecule is [Cr].c1ccc2c(c1)CC1OC1O2. The number of epoxide rings is 1. The molecule has 2 aliphatic heterocycles. The average molecular weight is 200 g/mol. The van der Waals surface area contributed by atoms with E-state index in [0.29, 0.717) is 6.10 Å². The molecule has 0 aromatic heterocycles. The van der Waals surface area contributed by atoms with E-state index in [4.69, 9.17) is 9.47 Å². The van der Waals surface area contributed by atoms with Gasteiger partial charge in [0.2, 0.25) is 6.29 Å². The standard InChI is InChI=1S/C9H8O2.Cr/c1-2-4-7-6(3-1)5-8-9(10-7)11-8;/h1-4,8-9H,5H2;. The number of fused-ring (bicyclic) bond motifs is 2. The second kappa shape index (κ2) is 2.78. The number of benzene rings is 1. The first-order valence-corrected chi connectivity index (χ1v) is 3.83. The Hall–Kier alpha value is -0.488. The van der Waals surface area contributed by atoms with Crippen molar-refractivity contribution < 1.29 is 26.8 Å². The number of para-hydroxylation sites is 1. The van der Waals surface area contributed by atoms with Gasteiger partial charge in [-0.3, -0.25) is 0 Å². The first-order chi connectivity index (χ1) is 5.43. The van der Waals surface area contributed by atoms with Gasteiger partial charge in [-0.1, -0.05) is 18.2 Å². The number of hydrogen-bond acceptors (Lipinski definition) is 2. The minimum absolute atomic E-state index is 0. The normalized spacial score (nSPS) is 29.0. The molecule has 12 heavy (non-hydrogen) atoms. The van der Waals surface area contributed by atoms with Crippen LogP contribution < -0.4 is 4.74 Å². The Morgan fingerprint density at radius 2 is 2.08 bits per heavy atom. The smallest absolute Gasteiger partial charge is 0.227 e. The van der Waals surface area contributed by atoms with Crippen LogP contribution >= 0.6 is 0 Å². The van der Waals surface area contributed by atoms with Gasteiger partial charge in [0.15, 0.2) is 0 Å². The summed E-state index contributed by atoms with van der Waals surface area (Å²) in [5, 5.41) is 0. The molecule has 2 aliphatic rings. The third-order valence-corrected chi connectivity index (χ3v) is 2.17. The van der Waals surface area contributed by atoms with Gasteiger partial charge < -0.3 is 9.47 Å². The molecule has 0 aliphatic carbocycles. The zero-order chi connectivity index (χ0) is 7.26. The van der Waals surface area contributed by atoms with E-state index in [0.717, 1.165) is 12.2 Å². The Kier molecular flexibility index (Phi) is 1.88. The first kappa shape index (κ1) is 8.13. The van der Waals surface area contributed by atoms with Gasteiger partial charge in [-0.25, -0.2) is 0 Å². The fourth-order valence-electron chi connectivity index (χ4n) is 1.50. The molecule has 1 aromatic rings. The molecule has 0 N–H and O–H groups in total. The first-order valence-electron chi connectivity index (χ1n) is 3.83. The Morgan fingerprint density at radius 1 is 1.25 bits per heavy atom. The van der Waals surface area contributed by atoms with Gasteiger partial charge in [0.05, 0.1) is 0 Å². The Balaban J connectivity index is 0.000000563. The maximum absolute atomic E-state index is 5.48. The predicted molar refractivity (Wildman–Crippen MR) is 39.4 cm³/mol. The zero-order valence-electron chi connectivity index (χ0n) is 6.40. The molecule has 3 rings (SSSR count). The Labute approximate surface area is 81.6 Å². The van der Waals surface area contributed by atoms with E-state index in [2.05, 4.69) is 6.07 Å². The van der Waals surface area contributed by atoms with Gasteiger partial charge in [-0.15, -0.1) is 0 Å². The van der Waals surface area contributed by atoms with Crippen LogP contribution in [0.2, 0.25) is 0 Å². The van der Waals surface area contributed by atoms with Crippen molar-refractivity contribution >= 4 is 0 Å². The van der Waals surface area contributed by atoms with Crippen molar-refractivity contribution in [2.75, 3.05) is 0 Å². The molecular formula is C9H8CrO2. The molecule has 62 valence electrons. The number of rotatable bonds is 0. The van der Waals surface area contributed by atoms with Crippen molar-refractivity contribution in [3.63, 3.8) is 0 Å². The van der Waals surface area contributed by atoms with Crippen molar-refractivity contribution in [3.05, 3.63) is 29.8 Å². The summed E-state index contributed by atoms with van der Waals surface area (Å²) in [4.78, 5) is 0. The van der Waals surface area contributed by atoms with Crippen LogP contribution in [0.1, 0.15) is 5.56 Å². The van der Waals surface area contributed by atoms with Crippen LogP contribution in [0.5, 0.6) is 5.75 Å². The van der Waals surface area contributed by atoms with Crippen LogP contribution in [0, 0.1) is 0 Å².